The maximum absolute atomic E-state index is 12.3. The van der Waals surface area contributed by atoms with E-state index in [4.69, 9.17) is 16.7 Å². The highest BCUT2D eigenvalue weighted by atomic mass is 35.5. The topological polar surface area (TPSA) is 110 Å². The number of benzene rings is 1. The van der Waals surface area contributed by atoms with Gasteiger partial charge in [-0.25, -0.2) is 13.1 Å². The summed E-state index contributed by atoms with van der Waals surface area (Å²) < 4.78 is 27.2. The van der Waals surface area contributed by atoms with Crippen molar-refractivity contribution in [2.75, 3.05) is 6.61 Å². The first-order valence-corrected chi connectivity index (χ1v) is 8.10. The van der Waals surface area contributed by atoms with Crippen molar-refractivity contribution in [2.24, 2.45) is 0 Å². The Balaban J connectivity index is 3.17. The summed E-state index contributed by atoms with van der Waals surface area (Å²) in [4.78, 5) is 9.74. The maximum Gasteiger partial charge on any atom is 0.271 e. The van der Waals surface area contributed by atoms with E-state index in [-0.39, 0.29) is 28.6 Å². The molecule has 0 aliphatic rings. The highest BCUT2D eigenvalue weighted by Gasteiger charge is 2.30. The molecule has 2 N–H and O–H groups in total. The van der Waals surface area contributed by atoms with Crippen molar-refractivity contribution < 1.29 is 18.4 Å². The molecule has 0 spiro atoms. The van der Waals surface area contributed by atoms with Gasteiger partial charge >= 0.3 is 0 Å². The van der Waals surface area contributed by atoms with Gasteiger partial charge in [0, 0.05) is 24.3 Å². The van der Waals surface area contributed by atoms with E-state index >= 15 is 0 Å². The molecule has 0 aliphatic heterocycles. The zero-order valence-corrected chi connectivity index (χ0v) is 13.2. The van der Waals surface area contributed by atoms with Gasteiger partial charge in [-0.1, -0.05) is 18.5 Å². The number of nitrogens with one attached hydrogen (secondary N) is 1. The quantitative estimate of drug-likeness (QED) is 0.585. The molecule has 0 aromatic heterocycles. The minimum absolute atomic E-state index is 0.166. The van der Waals surface area contributed by atoms with Crippen molar-refractivity contribution >= 4 is 27.3 Å². The Morgan fingerprint density at radius 2 is 2.10 bits per heavy atom. The van der Waals surface area contributed by atoms with E-state index in [1.165, 1.54) is 0 Å². The highest BCUT2D eigenvalue weighted by Crippen LogP contribution is 2.28. The number of hydrogen-bond donors (Lipinski definition) is 2. The van der Waals surface area contributed by atoms with Gasteiger partial charge in [0.25, 0.3) is 5.69 Å². The van der Waals surface area contributed by atoms with Crippen molar-refractivity contribution in [1.82, 2.24) is 4.72 Å². The molecule has 1 aromatic rings. The van der Waals surface area contributed by atoms with Gasteiger partial charge in [0.15, 0.2) is 0 Å². The van der Waals surface area contributed by atoms with Crippen molar-refractivity contribution in [3.05, 3.63) is 33.3 Å². The molecule has 0 saturated heterocycles. The van der Waals surface area contributed by atoms with Crippen LogP contribution in [0.2, 0.25) is 5.02 Å². The summed E-state index contributed by atoms with van der Waals surface area (Å²) in [5, 5.41) is 19.4. The van der Waals surface area contributed by atoms with Crippen LogP contribution in [0, 0.1) is 10.1 Å². The zero-order chi connectivity index (χ0) is 16.3. The summed E-state index contributed by atoms with van der Waals surface area (Å²) >= 11 is 5.83. The van der Waals surface area contributed by atoms with Crippen molar-refractivity contribution in [1.29, 1.82) is 0 Å². The zero-order valence-electron chi connectivity index (χ0n) is 11.7. The van der Waals surface area contributed by atoms with Crippen LogP contribution in [0.3, 0.4) is 0 Å². The Morgan fingerprint density at radius 1 is 1.48 bits per heavy atom. The summed E-state index contributed by atoms with van der Waals surface area (Å²) in [5.41, 5.74) is -1.11. The van der Waals surface area contributed by atoms with Crippen LogP contribution in [0.5, 0.6) is 0 Å². The third-order valence-electron chi connectivity index (χ3n) is 3.24. The number of non-ortho nitro benzene ring substituents is 1. The Kier molecular flexibility index (Phi) is 5.68. The lowest BCUT2D eigenvalue weighted by Gasteiger charge is -2.28. The van der Waals surface area contributed by atoms with E-state index in [0.29, 0.717) is 6.42 Å². The fraction of sp³-hybridized carbons (Fsp3) is 0.500. The van der Waals surface area contributed by atoms with E-state index in [2.05, 4.69) is 4.72 Å². The van der Waals surface area contributed by atoms with Crippen LogP contribution < -0.4 is 4.72 Å². The van der Waals surface area contributed by atoms with Crippen LogP contribution in [0.15, 0.2) is 23.1 Å². The highest BCUT2D eigenvalue weighted by molar-refractivity contribution is 7.89. The van der Waals surface area contributed by atoms with Gasteiger partial charge in [0.1, 0.15) is 4.90 Å². The largest absolute Gasteiger partial charge is 0.396 e. The first-order chi connectivity index (χ1) is 9.65. The van der Waals surface area contributed by atoms with E-state index in [1.54, 1.807) is 13.8 Å². The third-order valence-corrected chi connectivity index (χ3v) is 5.36. The standard InChI is InChI=1S/C12H17ClN2O5S/c1-3-12(2,6-7-16)14-21(19,20)11-5-4-9(15(17)18)8-10(11)13/h4-5,8,14,16H,3,6-7H2,1-2H3. The third kappa shape index (κ3) is 4.37. The molecular weight excluding hydrogens is 320 g/mol. The molecule has 9 heteroatoms. The number of aliphatic hydroxyl groups is 1. The van der Waals surface area contributed by atoms with Gasteiger partial charge in [-0.2, -0.15) is 0 Å². The molecular formula is C12H17ClN2O5S. The fourth-order valence-electron chi connectivity index (χ4n) is 1.75. The average molecular weight is 337 g/mol. The van der Waals surface area contributed by atoms with Gasteiger partial charge in [0.05, 0.1) is 9.95 Å². The number of sulfonamides is 1. The molecule has 0 bridgehead atoms. The first-order valence-electron chi connectivity index (χ1n) is 6.24. The van der Waals surface area contributed by atoms with Crippen LogP contribution in [-0.4, -0.2) is 30.6 Å². The van der Waals surface area contributed by atoms with Gasteiger partial charge in [-0.3, -0.25) is 10.1 Å². The molecule has 0 radical (unpaired) electrons. The Bertz CT molecular complexity index is 635. The molecule has 7 nitrogen and oxygen atoms in total. The normalized spacial score (nSPS) is 14.7. The molecule has 0 amide bonds. The van der Waals surface area contributed by atoms with E-state index in [9.17, 15) is 18.5 Å². The second kappa shape index (κ2) is 6.69. The second-order valence-corrected chi connectivity index (χ2v) is 6.92. The molecule has 118 valence electrons. The Labute approximate surface area is 128 Å². The van der Waals surface area contributed by atoms with Crippen molar-refractivity contribution in [3.8, 4) is 0 Å². The summed E-state index contributed by atoms with van der Waals surface area (Å²) in [5.74, 6) is 0. The lowest BCUT2D eigenvalue weighted by Crippen LogP contribution is -2.46. The monoisotopic (exact) mass is 336 g/mol. The van der Waals surface area contributed by atoms with E-state index in [1.807, 2.05) is 0 Å². The van der Waals surface area contributed by atoms with Gasteiger partial charge in [0.2, 0.25) is 10.0 Å². The summed E-state index contributed by atoms with van der Waals surface area (Å²) in [6.45, 7) is 3.29. The van der Waals surface area contributed by atoms with Crippen molar-refractivity contribution in [2.45, 2.75) is 37.1 Å². The van der Waals surface area contributed by atoms with Crippen LogP contribution >= 0.6 is 11.6 Å². The van der Waals surface area contributed by atoms with Gasteiger partial charge in [-0.05, 0) is 25.8 Å². The number of hydrogen-bond acceptors (Lipinski definition) is 5. The lowest BCUT2D eigenvalue weighted by molar-refractivity contribution is -0.384. The van der Waals surface area contributed by atoms with Crippen molar-refractivity contribution in [3.63, 3.8) is 0 Å². The van der Waals surface area contributed by atoms with E-state index < -0.39 is 20.5 Å². The summed E-state index contributed by atoms with van der Waals surface area (Å²) in [6, 6.07) is 3.17. The molecule has 1 rings (SSSR count). The lowest BCUT2D eigenvalue weighted by atomic mass is 9.97. The Hall–Kier alpha value is -1.22. The Morgan fingerprint density at radius 3 is 2.52 bits per heavy atom. The SMILES string of the molecule is CCC(C)(CCO)NS(=O)(=O)c1ccc([N+](=O)[O-])cc1Cl. The fourth-order valence-corrected chi connectivity index (χ4v) is 3.79. The molecule has 0 saturated carbocycles. The summed E-state index contributed by atoms with van der Waals surface area (Å²) in [6.07, 6.45) is 0.713. The maximum atomic E-state index is 12.3. The second-order valence-electron chi connectivity index (χ2n) is 4.87. The predicted molar refractivity (Wildman–Crippen MR) is 78.8 cm³/mol. The number of nitrogens with zero attached hydrogens (tertiary/aromatic N) is 1. The molecule has 0 fully saturated rings. The number of nitro benzene ring substituents is 1. The minimum atomic E-state index is -3.94. The number of halogens is 1. The van der Waals surface area contributed by atoms with Gasteiger partial charge < -0.3 is 5.11 Å². The molecule has 1 unspecified atom stereocenters. The van der Waals surface area contributed by atoms with Crippen LogP contribution in [-0.2, 0) is 10.0 Å². The number of nitro groups is 1. The summed E-state index contributed by atoms with van der Waals surface area (Å²) in [7, 11) is -3.94. The molecule has 21 heavy (non-hydrogen) atoms. The average Bonchev–Trinajstić information content (AvgIpc) is 2.37. The number of rotatable bonds is 7. The predicted octanol–water partition coefficient (Wildman–Crippen LogP) is 2.08. The van der Waals surface area contributed by atoms with Crippen LogP contribution in [0.4, 0.5) is 5.69 Å². The molecule has 0 aliphatic carbocycles. The smallest absolute Gasteiger partial charge is 0.271 e. The molecule has 0 heterocycles. The number of aliphatic hydroxyl groups excluding tert-OH is 1. The minimum Gasteiger partial charge on any atom is -0.396 e. The van der Waals surface area contributed by atoms with Crippen LogP contribution in [0.1, 0.15) is 26.7 Å². The van der Waals surface area contributed by atoms with Gasteiger partial charge in [-0.15, -0.1) is 0 Å². The molecule has 1 atom stereocenters. The van der Waals surface area contributed by atoms with E-state index in [0.717, 1.165) is 18.2 Å². The molecule has 1 aromatic carbocycles. The first kappa shape index (κ1) is 17.8. The van der Waals surface area contributed by atoms with Crippen LogP contribution in [0.25, 0.3) is 0 Å².